The Bertz CT molecular complexity index is 484. The minimum Gasteiger partial charge on any atom is -0.311 e. The smallest absolute Gasteiger partial charge is 0.0458 e. The molecule has 0 amide bonds. The van der Waals surface area contributed by atoms with E-state index in [1.165, 1.54) is 31.2 Å². The molecule has 1 aliphatic carbocycles. The van der Waals surface area contributed by atoms with Gasteiger partial charge in [-0.2, -0.15) is 0 Å². The summed E-state index contributed by atoms with van der Waals surface area (Å²) in [6.07, 6.45) is 5.04. The van der Waals surface area contributed by atoms with Crippen LogP contribution in [0, 0.1) is 5.92 Å². The molecule has 1 aromatic carbocycles. The van der Waals surface area contributed by atoms with Crippen molar-refractivity contribution in [1.82, 2.24) is 5.32 Å². The molecule has 118 valence electrons. The van der Waals surface area contributed by atoms with Crippen LogP contribution < -0.4 is 5.32 Å². The fourth-order valence-corrected chi connectivity index (χ4v) is 4.08. The van der Waals surface area contributed by atoms with Crippen LogP contribution in [0.1, 0.15) is 58.9 Å². The van der Waals surface area contributed by atoms with E-state index in [4.69, 9.17) is 23.2 Å². The second kappa shape index (κ2) is 6.48. The maximum absolute atomic E-state index is 6.49. The third kappa shape index (κ3) is 4.15. The van der Waals surface area contributed by atoms with Crippen LogP contribution >= 0.6 is 23.2 Å². The molecule has 1 N–H and O–H groups in total. The predicted molar refractivity (Wildman–Crippen MR) is 93.5 cm³/mol. The Morgan fingerprint density at radius 3 is 2.43 bits per heavy atom. The van der Waals surface area contributed by atoms with Gasteiger partial charge in [0.2, 0.25) is 0 Å². The quantitative estimate of drug-likeness (QED) is 0.717. The van der Waals surface area contributed by atoms with Crippen LogP contribution in [0.5, 0.6) is 0 Å². The molecule has 0 aliphatic heterocycles. The van der Waals surface area contributed by atoms with Crippen LogP contribution in [-0.2, 0) is 5.41 Å². The average Bonchev–Trinajstić information content (AvgIpc) is 2.31. The van der Waals surface area contributed by atoms with Gasteiger partial charge >= 0.3 is 0 Å². The summed E-state index contributed by atoms with van der Waals surface area (Å²) in [7, 11) is 0. The number of halogens is 2. The molecule has 0 aromatic heterocycles. The lowest BCUT2D eigenvalue weighted by Gasteiger charge is -2.50. The maximum Gasteiger partial charge on any atom is 0.0458 e. The van der Waals surface area contributed by atoms with Gasteiger partial charge in [0.05, 0.1) is 0 Å². The molecule has 21 heavy (non-hydrogen) atoms. The molecule has 0 spiro atoms. The first-order valence-electron chi connectivity index (χ1n) is 7.96. The van der Waals surface area contributed by atoms with Crippen LogP contribution in [0.4, 0.5) is 0 Å². The highest BCUT2D eigenvalue weighted by atomic mass is 35.5. The van der Waals surface area contributed by atoms with Crippen LogP contribution in [0.2, 0.25) is 10.0 Å². The predicted octanol–water partition coefficient (Wildman–Crippen LogP) is 5.83. The third-order valence-corrected chi connectivity index (χ3v) is 5.06. The molecule has 2 rings (SSSR count). The molecular formula is C18H27Cl2N. The largest absolute Gasteiger partial charge is 0.311 e. The van der Waals surface area contributed by atoms with Gasteiger partial charge in [0, 0.05) is 27.5 Å². The van der Waals surface area contributed by atoms with Crippen molar-refractivity contribution < 1.29 is 0 Å². The SMILES string of the molecule is CCCC1CC(CNC(C)(C)C)(c2ccc(Cl)cc2Cl)C1. The van der Waals surface area contributed by atoms with Gasteiger partial charge in [0.25, 0.3) is 0 Å². The van der Waals surface area contributed by atoms with Gasteiger partial charge < -0.3 is 5.32 Å². The van der Waals surface area contributed by atoms with Gasteiger partial charge in [0.1, 0.15) is 0 Å². The van der Waals surface area contributed by atoms with Crippen molar-refractivity contribution >= 4 is 23.2 Å². The van der Waals surface area contributed by atoms with Crippen LogP contribution in [0.15, 0.2) is 18.2 Å². The summed E-state index contributed by atoms with van der Waals surface area (Å²) >= 11 is 12.5. The fourth-order valence-electron chi connectivity index (χ4n) is 3.47. The van der Waals surface area contributed by atoms with Crippen molar-refractivity contribution in [3.05, 3.63) is 33.8 Å². The minimum absolute atomic E-state index is 0.127. The van der Waals surface area contributed by atoms with E-state index in [-0.39, 0.29) is 11.0 Å². The number of rotatable bonds is 5. The number of benzene rings is 1. The lowest BCUT2D eigenvalue weighted by atomic mass is 9.57. The van der Waals surface area contributed by atoms with E-state index in [1.54, 1.807) is 0 Å². The van der Waals surface area contributed by atoms with Crippen LogP contribution in [0.3, 0.4) is 0 Å². The van der Waals surface area contributed by atoms with Gasteiger partial charge in [-0.3, -0.25) is 0 Å². The Kier molecular flexibility index (Phi) is 5.28. The molecule has 0 atom stereocenters. The molecule has 3 heteroatoms. The number of hydrogen-bond acceptors (Lipinski definition) is 1. The first-order chi connectivity index (χ1) is 9.76. The Hall–Kier alpha value is -0.240. The topological polar surface area (TPSA) is 12.0 Å². The molecule has 0 radical (unpaired) electrons. The van der Waals surface area contributed by atoms with Crippen molar-refractivity contribution in [2.75, 3.05) is 6.54 Å². The van der Waals surface area contributed by atoms with Crippen LogP contribution in [-0.4, -0.2) is 12.1 Å². The highest BCUT2D eigenvalue weighted by molar-refractivity contribution is 6.35. The van der Waals surface area contributed by atoms with Gasteiger partial charge in [-0.25, -0.2) is 0 Å². The second-order valence-electron chi connectivity index (χ2n) is 7.57. The monoisotopic (exact) mass is 327 g/mol. The van der Waals surface area contributed by atoms with Gasteiger partial charge in [-0.1, -0.05) is 49.0 Å². The normalized spacial score (nSPS) is 25.7. The molecule has 1 nitrogen and oxygen atoms in total. The molecular weight excluding hydrogens is 301 g/mol. The van der Waals surface area contributed by atoms with E-state index >= 15 is 0 Å². The van der Waals surface area contributed by atoms with Crippen molar-refractivity contribution in [3.63, 3.8) is 0 Å². The van der Waals surface area contributed by atoms with Gasteiger partial charge in [0.15, 0.2) is 0 Å². The second-order valence-corrected chi connectivity index (χ2v) is 8.41. The summed E-state index contributed by atoms with van der Waals surface area (Å²) in [4.78, 5) is 0. The zero-order valence-corrected chi connectivity index (χ0v) is 15.1. The van der Waals surface area contributed by atoms with E-state index in [9.17, 15) is 0 Å². The van der Waals surface area contributed by atoms with E-state index in [0.29, 0.717) is 5.02 Å². The summed E-state index contributed by atoms with van der Waals surface area (Å²) in [5.41, 5.74) is 1.56. The number of nitrogens with one attached hydrogen (secondary N) is 1. The Labute approximate surface area is 139 Å². The zero-order valence-electron chi connectivity index (χ0n) is 13.6. The highest BCUT2D eigenvalue weighted by Crippen LogP contribution is 2.51. The standard InChI is InChI=1S/C18H27Cl2N/c1-5-6-13-10-18(11-13,12-21-17(2,3)4)15-8-7-14(19)9-16(15)20/h7-9,13,21H,5-6,10-12H2,1-4H3. The highest BCUT2D eigenvalue weighted by Gasteiger charge is 2.46. The Morgan fingerprint density at radius 2 is 1.90 bits per heavy atom. The molecule has 1 aromatic rings. The molecule has 1 aliphatic rings. The molecule has 1 fully saturated rings. The van der Waals surface area contributed by atoms with E-state index in [1.807, 2.05) is 12.1 Å². The lowest BCUT2D eigenvalue weighted by Crippen LogP contribution is -2.52. The summed E-state index contributed by atoms with van der Waals surface area (Å²) < 4.78 is 0. The van der Waals surface area contributed by atoms with E-state index in [2.05, 4.69) is 39.1 Å². The Morgan fingerprint density at radius 1 is 1.24 bits per heavy atom. The van der Waals surface area contributed by atoms with Crippen molar-refractivity contribution in [1.29, 1.82) is 0 Å². The van der Waals surface area contributed by atoms with E-state index in [0.717, 1.165) is 17.5 Å². The van der Waals surface area contributed by atoms with Crippen molar-refractivity contribution in [2.24, 2.45) is 5.92 Å². The molecule has 0 bridgehead atoms. The molecule has 0 saturated heterocycles. The minimum atomic E-state index is 0.127. The zero-order chi connectivity index (χ0) is 15.7. The average molecular weight is 328 g/mol. The summed E-state index contributed by atoms with van der Waals surface area (Å²) in [5, 5.41) is 5.20. The van der Waals surface area contributed by atoms with E-state index < -0.39 is 0 Å². The van der Waals surface area contributed by atoms with Gasteiger partial charge in [-0.05, 0) is 57.2 Å². The maximum atomic E-state index is 6.49. The summed E-state index contributed by atoms with van der Waals surface area (Å²) in [6, 6.07) is 5.97. The van der Waals surface area contributed by atoms with Crippen molar-refractivity contribution in [2.45, 2.75) is 64.3 Å². The number of hydrogen-bond donors (Lipinski definition) is 1. The first kappa shape index (κ1) is 17.1. The van der Waals surface area contributed by atoms with Crippen LogP contribution in [0.25, 0.3) is 0 Å². The van der Waals surface area contributed by atoms with Gasteiger partial charge in [-0.15, -0.1) is 0 Å². The molecule has 1 saturated carbocycles. The molecule has 0 heterocycles. The Balaban J connectivity index is 2.21. The fraction of sp³-hybridized carbons (Fsp3) is 0.667. The first-order valence-corrected chi connectivity index (χ1v) is 8.72. The third-order valence-electron chi connectivity index (χ3n) is 4.52. The van der Waals surface area contributed by atoms with Crippen molar-refractivity contribution in [3.8, 4) is 0 Å². The lowest BCUT2D eigenvalue weighted by molar-refractivity contribution is 0.120. The summed E-state index contributed by atoms with van der Waals surface area (Å²) in [6.45, 7) is 9.89. The summed E-state index contributed by atoms with van der Waals surface area (Å²) in [5.74, 6) is 0.837. The molecule has 0 unspecified atom stereocenters.